The molecule has 2 aliphatic heterocycles. The highest BCUT2D eigenvalue weighted by atomic mass is 16.5. The van der Waals surface area contributed by atoms with Gasteiger partial charge in [0.1, 0.15) is 0 Å². The van der Waals surface area contributed by atoms with Crippen molar-refractivity contribution in [2.45, 2.75) is 58.9 Å². The maximum Gasteiger partial charge on any atom is 0.226 e. The molecule has 0 spiro atoms. The van der Waals surface area contributed by atoms with E-state index in [2.05, 4.69) is 33.8 Å². The molecule has 6 heteroatoms. The quantitative estimate of drug-likeness (QED) is 0.845. The summed E-state index contributed by atoms with van der Waals surface area (Å²) >= 11 is 0. The van der Waals surface area contributed by atoms with E-state index in [4.69, 9.17) is 4.52 Å². The molecule has 3 heterocycles. The Hall–Kier alpha value is -1.43. The molecular formula is C18H30N4O2. The molecule has 1 aromatic heterocycles. The average Bonchev–Trinajstić information content (AvgIpc) is 3.00. The van der Waals surface area contributed by atoms with Crippen molar-refractivity contribution in [3.05, 3.63) is 11.7 Å². The summed E-state index contributed by atoms with van der Waals surface area (Å²) in [6.07, 6.45) is 5.10. The van der Waals surface area contributed by atoms with Crippen LogP contribution in [0.15, 0.2) is 4.52 Å². The zero-order valence-corrected chi connectivity index (χ0v) is 15.2. The highest BCUT2D eigenvalue weighted by Crippen LogP contribution is 2.25. The van der Waals surface area contributed by atoms with Crippen molar-refractivity contribution < 1.29 is 9.32 Å². The van der Waals surface area contributed by atoms with Gasteiger partial charge in [0.05, 0.1) is 5.92 Å². The van der Waals surface area contributed by atoms with Crippen molar-refractivity contribution in [3.63, 3.8) is 0 Å². The second-order valence-electron chi connectivity index (χ2n) is 7.64. The first-order valence-corrected chi connectivity index (χ1v) is 9.35. The number of carbonyl (C=O) groups is 1. The summed E-state index contributed by atoms with van der Waals surface area (Å²) in [5.41, 5.74) is 0. The van der Waals surface area contributed by atoms with E-state index >= 15 is 0 Å². The van der Waals surface area contributed by atoms with Crippen molar-refractivity contribution in [2.75, 3.05) is 26.2 Å². The van der Waals surface area contributed by atoms with Gasteiger partial charge in [0.2, 0.25) is 11.8 Å². The number of aromatic nitrogens is 2. The molecule has 134 valence electrons. The molecule has 24 heavy (non-hydrogen) atoms. The summed E-state index contributed by atoms with van der Waals surface area (Å²) in [6, 6.07) is 0.532. The van der Waals surface area contributed by atoms with Gasteiger partial charge in [-0.3, -0.25) is 4.79 Å². The number of hydrogen-bond donors (Lipinski definition) is 0. The van der Waals surface area contributed by atoms with Gasteiger partial charge < -0.3 is 14.3 Å². The highest BCUT2D eigenvalue weighted by molar-refractivity contribution is 5.79. The smallest absolute Gasteiger partial charge is 0.226 e. The lowest BCUT2D eigenvalue weighted by atomic mass is 9.91. The van der Waals surface area contributed by atoms with Crippen LogP contribution in [0.1, 0.15) is 51.2 Å². The minimum Gasteiger partial charge on any atom is -0.342 e. The summed E-state index contributed by atoms with van der Waals surface area (Å²) in [5.74, 6) is 2.54. The highest BCUT2D eigenvalue weighted by Gasteiger charge is 2.32. The molecule has 0 saturated carbocycles. The minimum absolute atomic E-state index is 0.191. The van der Waals surface area contributed by atoms with Crippen LogP contribution in [0.3, 0.4) is 0 Å². The maximum atomic E-state index is 12.8. The molecule has 3 rings (SSSR count). The van der Waals surface area contributed by atoms with Crippen LogP contribution < -0.4 is 0 Å². The zero-order chi connectivity index (χ0) is 17.1. The lowest BCUT2D eigenvalue weighted by Crippen LogP contribution is -2.48. The van der Waals surface area contributed by atoms with Gasteiger partial charge in [-0.25, -0.2) is 0 Å². The topological polar surface area (TPSA) is 62.5 Å². The first kappa shape index (κ1) is 17.4. The van der Waals surface area contributed by atoms with E-state index in [1.54, 1.807) is 0 Å². The van der Waals surface area contributed by atoms with Crippen molar-refractivity contribution in [1.29, 1.82) is 0 Å². The first-order valence-electron chi connectivity index (χ1n) is 9.35. The van der Waals surface area contributed by atoms with E-state index in [0.29, 0.717) is 23.7 Å². The number of piperidine rings is 2. The normalized spacial score (nSPS) is 23.8. The van der Waals surface area contributed by atoms with Gasteiger partial charge in [-0.05, 0) is 58.9 Å². The third kappa shape index (κ3) is 4.15. The maximum absolute atomic E-state index is 12.8. The number of hydrogen-bond acceptors (Lipinski definition) is 5. The van der Waals surface area contributed by atoms with Crippen LogP contribution in [0.2, 0.25) is 0 Å². The molecule has 1 amide bonds. The van der Waals surface area contributed by atoms with Gasteiger partial charge in [0, 0.05) is 32.1 Å². The second kappa shape index (κ2) is 7.64. The minimum atomic E-state index is 0.191. The Labute approximate surface area is 144 Å². The third-order valence-corrected chi connectivity index (χ3v) is 5.49. The lowest BCUT2D eigenvalue weighted by Gasteiger charge is -2.39. The van der Waals surface area contributed by atoms with Crippen LogP contribution in [0.5, 0.6) is 0 Å². The summed E-state index contributed by atoms with van der Waals surface area (Å²) < 4.78 is 5.22. The lowest BCUT2D eigenvalue weighted by molar-refractivity contribution is -0.139. The summed E-state index contributed by atoms with van der Waals surface area (Å²) in [5, 5.41) is 3.85. The van der Waals surface area contributed by atoms with Crippen molar-refractivity contribution in [2.24, 2.45) is 11.8 Å². The predicted octanol–water partition coefficient (Wildman–Crippen LogP) is 2.28. The van der Waals surface area contributed by atoms with Crippen LogP contribution in [-0.2, 0) is 11.2 Å². The molecule has 0 aliphatic carbocycles. The number of likely N-dealkylation sites (tertiary alicyclic amines) is 2. The average molecular weight is 334 g/mol. The van der Waals surface area contributed by atoms with Gasteiger partial charge in [-0.2, -0.15) is 4.98 Å². The Bertz CT molecular complexity index is 549. The number of aryl methyl sites for hydroxylation is 1. The fourth-order valence-corrected chi connectivity index (χ4v) is 3.96. The second-order valence-corrected chi connectivity index (χ2v) is 7.64. The van der Waals surface area contributed by atoms with E-state index in [0.717, 1.165) is 64.2 Å². The van der Waals surface area contributed by atoms with Gasteiger partial charge in [0.15, 0.2) is 5.82 Å². The standard InChI is InChI=1S/C18H30N4O2/c1-13(2)22-8-4-5-16(12-22)18(23)21-9-6-15(7-10-21)11-17-19-14(3)20-24-17/h13,15-16H,4-12H2,1-3H3/t16-/m0/s1. The Kier molecular flexibility index (Phi) is 5.54. The third-order valence-electron chi connectivity index (χ3n) is 5.49. The summed E-state index contributed by atoms with van der Waals surface area (Å²) in [7, 11) is 0. The van der Waals surface area contributed by atoms with Crippen molar-refractivity contribution >= 4 is 5.91 Å². The molecule has 1 aromatic rings. The van der Waals surface area contributed by atoms with E-state index in [1.807, 2.05) is 6.92 Å². The van der Waals surface area contributed by atoms with E-state index in [1.165, 1.54) is 0 Å². The molecule has 2 saturated heterocycles. The van der Waals surface area contributed by atoms with Gasteiger partial charge in [-0.1, -0.05) is 5.16 Å². The molecule has 0 bridgehead atoms. The monoisotopic (exact) mass is 334 g/mol. The van der Waals surface area contributed by atoms with Crippen molar-refractivity contribution in [3.8, 4) is 0 Å². The SMILES string of the molecule is Cc1noc(CC2CCN(C(=O)[C@H]3CCCN(C(C)C)C3)CC2)n1. The molecule has 0 aromatic carbocycles. The molecule has 0 N–H and O–H groups in total. The number of nitrogens with zero attached hydrogens (tertiary/aromatic N) is 4. The fraction of sp³-hybridized carbons (Fsp3) is 0.833. The van der Waals surface area contributed by atoms with E-state index < -0.39 is 0 Å². The molecule has 6 nitrogen and oxygen atoms in total. The number of amides is 1. The summed E-state index contributed by atoms with van der Waals surface area (Å²) in [4.78, 5) is 21.7. The van der Waals surface area contributed by atoms with Gasteiger partial charge in [-0.15, -0.1) is 0 Å². The zero-order valence-electron chi connectivity index (χ0n) is 15.2. The predicted molar refractivity (Wildman–Crippen MR) is 91.5 cm³/mol. The van der Waals surface area contributed by atoms with Crippen molar-refractivity contribution in [1.82, 2.24) is 19.9 Å². The Morgan fingerprint density at radius 2 is 2.00 bits per heavy atom. The van der Waals surface area contributed by atoms with Gasteiger partial charge in [0.25, 0.3) is 0 Å². The molecular weight excluding hydrogens is 304 g/mol. The summed E-state index contributed by atoms with van der Waals surface area (Å²) in [6.45, 7) is 10.1. The molecule has 2 aliphatic rings. The molecule has 2 fully saturated rings. The van der Waals surface area contributed by atoms with Crippen LogP contribution in [0, 0.1) is 18.8 Å². The van der Waals surface area contributed by atoms with E-state index in [-0.39, 0.29) is 5.92 Å². The van der Waals surface area contributed by atoms with E-state index in [9.17, 15) is 4.79 Å². The molecule has 0 unspecified atom stereocenters. The number of carbonyl (C=O) groups excluding carboxylic acids is 1. The van der Waals surface area contributed by atoms with Gasteiger partial charge >= 0.3 is 0 Å². The molecule has 1 atom stereocenters. The van der Waals surface area contributed by atoms with Crippen LogP contribution >= 0.6 is 0 Å². The Morgan fingerprint density at radius 1 is 1.25 bits per heavy atom. The number of rotatable bonds is 4. The van der Waals surface area contributed by atoms with Crippen LogP contribution in [0.25, 0.3) is 0 Å². The largest absolute Gasteiger partial charge is 0.342 e. The fourth-order valence-electron chi connectivity index (χ4n) is 3.96. The molecule has 0 radical (unpaired) electrons. The Morgan fingerprint density at radius 3 is 2.62 bits per heavy atom. The van der Waals surface area contributed by atoms with Crippen LogP contribution in [0.4, 0.5) is 0 Å². The first-order chi connectivity index (χ1) is 11.5. The Balaban J connectivity index is 1.48. The van der Waals surface area contributed by atoms with Crippen LogP contribution in [-0.4, -0.2) is 58.1 Å².